The van der Waals surface area contributed by atoms with E-state index >= 15 is 0 Å². The topological polar surface area (TPSA) is 44.8 Å². The first-order valence-electron chi connectivity index (χ1n) is 9.74. The van der Waals surface area contributed by atoms with E-state index in [1.54, 1.807) is 0 Å². The monoisotopic (exact) mass is 368 g/mol. The molecule has 2 saturated carbocycles. The fourth-order valence-electron chi connectivity index (χ4n) is 4.50. The molecule has 0 aromatic carbocycles. The van der Waals surface area contributed by atoms with Crippen molar-refractivity contribution in [2.24, 2.45) is 16.7 Å². The van der Waals surface area contributed by atoms with Gasteiger partial charge in [-0.2, -0.15) is 0 Å². The van der Waals surface area contributed by atoms with Crippen LogP contribution in [-0.4, -0.2) is 39.7 Å². The number of fused-ring (bicyclic) bond motifs is 1. The van der Waals surface area contributed by atoms with Crippen LogP contribution in [0, 0.1) is 16.7 Å². The Morgan fingerprint density at radius 2 is 1.72 bits per heavy atom. The van der Waals surface area contributed by atoms with Gasteiger partial charge in [0.15, 0.2) is 14.1 Å². The number of hydrogen-bond donors (Lipinski definition) is 0. The van der Waals surface area contributed by atoms with E-state index in [2.05, 4.69) is 47.7 Å². The maximum atomic E-state index is 12.1. The molecule has 144 valence electrons. The molecule has 0 unspecified atom stereocenters. The molecule has 5 heteroatoms. The van der Waals surface area contributed by atoms with Gasteiger partial charge in [-0.15, -0.1) is 0 Å². The zero-order valence-electron chi connectivity index (χ0n) is 17.1. The summed E-state index contributed by atoms with van der Waals surface area (Å²) in [5.74, 6) is -0.218. The number of ether oxygens (including phenoxy) is 2. The molecular weight excluding hydrogens is 332 g/mol. The fraction of sp³-hybridized carbons (Fsp3) is 0.950. The summed E-state index contributed by atoms with van der Waals surface area (Å²) in [7, 11) is -1.81. The van der Waals surface area contributed by atoms with Crippen molar-refractivity contribution in [3.8, 4) is 0 Å². The number of hydrogen-bond acceptors (Lipinski definition) is 4. The minimum Gasteiger partial charge on any atom is -0.414 e. The summed E-state index contributed by atoms with van der Waals surface area (Å²) in [5, 5.41) is 0.196. The molecule has 3 rings (SSSR count). The number of carbonyl (C=O) groups is 1. The Morgan fingerprint density at radius 3 is 2.20 bits per heavy atom. The van der Waals surface area contributed by atoms with E-state index in [-0.39, 0.29) is 22.0 Å². The highest BCUT2D eigenvalue weighted by Crippen LogP contribution is 2.60. The van der Waals surface area contributed by atoms with Gasteiger partial charge in [0.1, 0.15) is 6.29 Å². The van der Waals surface area contributed by atoms with E-state index < -0.39 is 14.1 Å². The number of rotatable bonds is 3. The van der Waals surface area contributed by atoms with Crippen LogP contribution in [0.15, 0.2) is 0 Å². The fourth-order valence-corrected chi connectivity index (χ4v) is 5.87. The van der Waals surface area contributed by atoms with Crippen molar-refractivity contribution >= 4 is 14.6 Å². The summed E-state index contributed by atoms with van der Waals surface area (Å²) >= 11 is 0. The molecule has 1 saturated heterocycles. The van der Waals surface area contributed by atoms with Crippen molar-refractivity contribution in [2.75, 3.05) is 13.2 Å². The highest BCUT2D eigenvalue weighted by Gasteiger charge is 2.62. The van der Waals surface area contributed by atoms with Gasteiger partial charge in [-0.1, -0.05) is 34.6 Å². The van der Waals surface area contributed by atoms with Gasteiger partial charge >= 0.3 is 0 Å². The minimum absolute atomic E-state index is 0.0608. The lowest BCUT2D eigenvalue weighted by Crippen LogP contribution is -2.47. The Labute approximate surface area is 154 Å². The second-order valence-electron chi connectivity index (χ2n) is 11.0. The third-order valence-corrected chi connectivity index (χ3v) is 11.6. The molecular formula is C20H36O4Si. The molecule has 0 amide bonds. The molecule has 0 N–H and O–H groups in total. The zero-order valence-corrected chi connectivity index (χ0v) is 18.1. The summed E-state index contributed by atoms with van der Waals surface area (Å²) < 4.78 is 19.0. The Balaban J connectivity index is 1.69. The first-order chi connectivity index (χ1) is 11.3. The number of aldehydes is 1. The second kappa shape index (κ2) is 5.88. The van der Waals surface area contributed by atoms with Gasteiger partial charge in [0.05, 0.1) is 13.2 Å². The van der Waals surface area contributed by atoms with E-state index in [0.29, 0.717) is 25.6 Å². The largest absolute Gasteiger partial charge is 0.414 e. The Morgan fingerprint density at radius 1 is 1.12 bits per heavy atom. The SMILES string of the molecule is CC1(C)COC2(C[C@H]3C[C@@H](O[Si](C)(C)C(C)(C)C)C[C@]3(C=O)C2)OC1. The first-order valence-corrected chi connectivity index (χ1v) is 12.7. The molecule has 3 fully saturated rings. The molecule has 4 nitrogen and oxygen atoms in total. The smallest absolute Gasteiger partial charge is 0.192 e. The molecule has 1 heterocycles. The van der Waals surface area contributed by atoms with E-state index in [1.807, 2.05) is 0 Å². The Hall–Kier alpha value is -0.233. The molecule has 1 spiro atoms. The van der Waals surface area contributed by atoms with Gasteiger partial charge in [0.25, 0.3) is 0 Å². The molecule has 0 aromatic rings. The summed E-state index contributed by atoms with van der Waals surface area (Å²) in [6, 6.07) is 0. The van der Waals surface area contributed by atoms with Crippen molar-refractivity contribution in [1.29, 1.82) is 0 Å². The molecule has 0 aromatic heterocycles. The van der Waals surface area contributed by atoms with Crippen LogP contribution in [-0.2, 0) is 18.7 Å². The zero-order chi connectivity index (χ0) is 18.7. The Kier molecular flexibility index (Phi) is 4.59. The van der Waals surface area contributed by atoms with E-state index in [4.69, 9.17) is 13.9 Å². The molecule has 1 aliphatic heterocycles. The van der Waals surface area contributed by atoms with Crippen molar-refractivity contribution in [3.05, 3.63) is 0 Å². The van der Waals surface area contributed by atoms with Gasteiger partial charge < -0.3 is 18.7 Å². The molecule has 0 bridgehead atoms. The third-order valence-electron chi connectivity index (χ3n) is 7.08. The summed E-state index contributed by atoms with van der Waals surface area (Å²) in [6.45, 7) is 17.1. The van der Waals surface area contributed by atoms with E-state index in [9.17, 15) is 4.79 Å². The van der Waals surface area contributed by atoms with Crippen LogP contribution in [0.5, 0.6) is 0 Å². The van der Waals surface area contributed by atoms with Crippen LogP contribution < -0.4 is 0 Å². The summed E-state index contributed by atoms with van der Waals surface area (Å²) in [5.41, 5.74) is -0.264. The van der Waals surface area contributed by atoms with Crippen molar-refractivity contribution in [1.82, 2.24) is 0 Å². The van der Waals surface area contributed by atoms with Gasteiger partial charge in [0, 0.05) is 29.8 Å². The lowest BCUT2D eigenvalue weighted by atomic mass is 9.82. The highest BCUT2D eigenvalue weighted by atomic mass is 28.4. The first kappa shape index (κ1) is 19.5. The third kappa shape index (κ3) is 3.49. The van der Waals surface area contributed by atoms with Crippen LogP contribution in [0.25, 0.3) is 0 Å². The van der Waals surface area contributed by atoms with Crippen LogP contribution in [0.1, 0.15) is 60.3 Å². The maximum Gasteiger partial charge on any atom is 0.192 e. The van der Waals surface area contributed by atoms with Gasteiger partial charge in [0.2, 0.25) is 0 Å². The maximum absolute atomic E-state index is 12.1. The molecule has 0 radical (unpaired) electrons. The quantitative estimate of drug-likeness (QED) is 0.542. The van der Waals surface area contributed by atoms with Crippen LogP contribution >= 0.6 is 0 Å². The van der Waals surface area contributed by atoms with Crippen molar-refractivity contribution in [2.45, 2.75) is 90.3 Å². The predicted molar refractivity (Wildman–Crippen MR) is 101 cm³/mol. The lowest BCUT2D eigenvalue weighted by molar-refractivity contribution is -0.298. The number of carbonyl (C=O) groups excluding carboxylic acids is 1. The minimum atomic E-state index is -1.81. The second-order valence-corrected chi connectivity index (χ2v) is 15.8. The summed E-state index contributed by atoms with van der Waals surface area (Å²) in [6.07, 6.45) is 4.71. The average Bonchev–Trinajstić information content (AvgIpc) is 2.92. The summed E-state index contributed by atoms with van der Waals surface area (Å²) in [4.78, 5) is 12.1. The highest BCUT2D eigenvalue weighted by molar-refractivity contribution is 6.74. The molecule has 2 aliphatic carbocycles. The van der Waals surface area contributed by atoms with Gasteiger partial charge in [-0.3, -0.25) is 0 Å². The molecule has 3 aliphatic rings. The van der Waals surface area contributed by atoms with Crippen molar-refractivity contribution in [3.63, 3.8) is 0 Å². The molecule has 25 heavy (non-hydrogen) atoms. The lowest BCUT2D eigenvalue weighted by Gasteiger charge is -2.43. The van der Waals surface area contributed by atoms with Crippen LogP contribution in [0.4, 0.5) is 0 Å². The normalized spacial score (nSPS) is 37.2. The standard InChI is InChI=1S/C20H36O4Si/c1-17(2,3)25(6,7)24-16-8-15-9-20(11-19(15,10-16)12-21)22-13-18(4,5)14-23-20/h12,15-16H,8-11,13-14H2,1-7H3/t15-,16-,19-/m1/s1. The van der Waals surface area contributed by atoms with E-state index in [1.165, 1.54) is 6.29 Å². The predicted octanol–water partition coefficient (Wildman–Crippen LogP) is 4.54. The van der Waals surface area contributed by atoms with Gasteiger partial charge in [-0.25, -0.2) is 0 Å². The molecule has 3 atom stereocenters. The average molecular weight is 369 g/mol. The van der Waals surface area contributed by atoms with Crippen LogP contribution in [0.3, 0.4) is 0 Å². The Bertz CT molecular complexity index is 526. The van der Waals surface area contributed by atoms with Gasteiger partial charge in [-0.05, 0) is 36.9 Å². The van der Waals surface area contributed by atoms with E-state index in [0.717, 1.165) is 19.3 Å². The van der Waals surface area contributed by atoms with Crippen molar-refractivity contribution < 1.29 is 18.7 Å². The van der Waals surface area contributed by atoms with Crippen LogP contribution in [0.2, 0.25) is 18.1 Å².